The molecular weight excluding hydrogens is 719 g/mol. The van der Waals surface area contributed by atoms with Crippen molar-refractivity contribution in [3.63, 3.8) is 0 Å². The lowest BCUT2D eigenvalue weighted by Gasteiger charge is -2.25. The van der Waals surface area contributed by atoms with Crippen LogP contribution in [0.4, 0.5) is 0 Å². The number of rotatable bonds is 43. The number of amides is 1. The van der Waals surface area contributed by atoms with Crippen molar-refractivity contribution >= 4 is 13.7 Å². The van der Waals surface area contributed by atoms with Gasteiger partial charge in [-0.25, -0.2) is 4.57 Å². The van der Waals surface area contributed by atoms with Crippen LogP contribution >= 0.6 is 7.82 Å². The number of carbonyl (C=O) groups is 1. The fourth-order valence-corrected chi connectivity index (χ4v) is 7.60. The Morgan fingerprint density at radius 3 is 1.38 bits per heavy atom. The zero-order valence-electron chi connectivity index (χ0n) is 37.6. The maximum Gasteiger partial charge on any atom is 0.472 e. The summed E-state index contributed by atoms with van der Waals surface area (Å²) in [5, 5.41) is 13.9. The van der Waals surface area contributed by atoms with E-state index >= 15 is 0 Å². The lowest BCUT2D eigenvalue weighted by atomic mass is 10.0. The van der Waals surface area contributed by atoms with E-state index in [2.05, 4.69) is 31.3 Å². The highest BCUT2D eigenvalue weighted by Crippen LogP contribution is 2.43. The van der Waals surface area contributed by atoms with Gasteiger partial charge >= 0.3 is 7.82 Å². The molecule has 0 aromatic heterocycles. The van der Waals surface area contributed by atoms with Crippen molar-refractivity contribution in [1.29, 1.82) is 0 Å². The van der Waals surface area contributed by atoms with E-state index in [9.17, 15) is 19.4 Å². The molecule has 56 heavy (non-hydrogen) atoms. The summed E-state index contributed by atoms with van der Waals surface area (Å²) in [4.78, 5) is 23.1. The van der Waals surface area contributed by atoms with Gasteiger partial charge < -0.3 is 19.8 Å². The van der Waals surface area contributed by atoms with Crippen LogP contribution in [0.3, 0.4) is 0 Å². The number of hydrogen-bond donors (Lipinski definition) is 3. The van der Waals surface area contributed by atoms with Crippen LogP contribution in [-0.4, -0.2) is 73.4 Å². The van der Waals surface area contributed by atoms with Crippen LogP contribution in [0, 0.1) is 0 Å². The van der Waals surface area contributed by atoms with E-state index in [1.165, 1.54) is 161 Å². The molecule has 0 aromatic rings. The van der Waals surface area contributed by atoms with Gasteiger partial charge in [0.25, 0.3) is 0 Å². The number of nitrogens with zero attached hydrogens (tertiary/aromatic N) is 1. The van der Waals surface area contributed by atoms with E-state index in [1.54, 1.807) is 6.08 Å². The van der Waals surface area contributed by atoms with Gasteiger partial charge in [-0.15, -0.1) is 0 Å². The van der Waals surface area contributed by atoms with E-state index in [1.807, 2.05) is 27.2 Å². The molecule has 0 spiro atoms. The number of allylic oxidation sites excluding steroid dienone is 3. The minimum atomic E-state index is -4.34. The number of carbonyl (C=O) groups excluding carboxylic acids is 1. The molecule has 0 saturated heterocycles. The van der Waals surface area contributed by atoms with Crippen molar-refractivity contribution in [1.82, 2.24) is 5.32 Å². The lowest BCUT2D eigenvalue weighted by molar-refractivity contribution is -0.870. The second-order valence-corrected chi connectivity index (χ2v) is 18.9. The summed E-state index contributed by atoms with van der Waals surface area (Å²) in [6.45, 7) is 4.82. The van der Waals surface area contributed by atoms with Gasteiger partial charge in [0.2, 0.25) is 5.91 Å². The van der Waals surface area contributed by atoms with Crippen molar-refractivity contribution in [2.24, 2.45) is 0 Å². The maximum absolute atomic E-state index is 12.9. The van der Waals surface area contributed by atoms with Gasteiger partial charge in [-0.05, 0) is 44.9 Å². The minimum Gasteiger partial charge on any atom is -0.387 e. The second kappa shape index (κ2) is 39.4. The molecule has 3 N–H and O–H groups in total. The number of aliphatic hydroxyl groups excluding tert-OH is 1. The molecule has 1 unspecified atom stereocenters. The van der Waals surface area contributed by atoms with Crippen LogP contribution in [0.15, 0.2) is 24.3 Å². The van der Waals surface area contributed by atoms with Crippen LogP contribution in [0.1, 0.15) is 219 Å². The van der Waals surface area contributed by atoms with E-state index < -0.39 is 20.0 Å². The Morgan fingerprint density at radius 1 is 0.589 bits per heavy atom. The van der Waals surface area contributed by atoms with Gasteiger partial charge in [0.1, 0.15) is 13.2 Å². The van der Waals surface area contributed by atoms with Gasteiger partial charge in [0.15, 0.2) is 0 Å². The van der Waals surface area contributed by atoms with Crippen molar-refractivity contribution in [2.75, 3.05) is 40.9 Å². The first-order valence-electron chi connectivity index (χ1n) is 23.7. The molecule has 0 fully saturated rings. The molecule has 0 rings (SSSR count). The van der Waals surface area contributed by atoms with Crippen LogP contribution in [0.2, 0.25) is 0 Å². The molecule has 1 amide bonds. The van der Waals surface area contributed by atoms with Crippen LogP contribution in [0.25, 0.3) is 0 Å². The van der Waals surface area contributed by atoms with E-state index in [4.69, 9.17) is 9.05 Å². The van der Waals surface area contributed by atoms with Gasteiger partial charge in [-0.2, -0.15) is 0 Å². The Labute approximate surface area is 347 Å². The number of phosphoric ester groups is 1. The third kappa shape index (κ3) is 41.2. The van der Waals surface area contributed by atoms with Crippen LogP contribution in [0.5, 0.6) is 0 Å². The third-order valence-electron chi connectivity index (χ3n) is 10.7. The van der Waals surface area contributed by atoms with Crippen molar-refractivity contribution in [2.45, 2.75) is 231 Å². The highest BCUT2D eigenvalue weighted by atomic mass is 31.2. The quantitative estimate of drug-likeness (QED) is 0.0245. The molecule has 0 radical (unpaired) electrons. The molecule has 8 nitrogen and oxygen atoms in total. The van der Waals surface area contributed by atoms with Crippen LogP contribution < -0.4 is 5.32 Å². The lowest BCUT2D eigenvalue weighted by Crippen LogP contribution is -2.45. The van der Waals surface area contributed by atoms with Gasteiger partial charge in [0, 0.05) is 6.42 Å². The topological polar surface area (TPSA) is 105 Å². The molecule has 9 heteroatoms. The largest absolute Gasteiger partial charge is 0.472 e. The highest BCUT2D eigenvalue weighted by molar-refractivity contribution is 7.47. The number of nitrogens with one attached hydrogen (secondary N) is 1. The summed E-state index contributed by atoms with van der Waals surface area (Å²) in [5.74, 6) is -0.181. The summed E-state index contributed by atoms with van der Waals surface area (Å²) in [7, 11) is 1.57. The number of likely N-dealkylation sites (N-methyl/N-ethyl adjacent to an activating group) is 1. The zero-order chi connectivity index (χ0) is 41.4. The molecule has 3 atom stereocenters. The normalized spacial score (nSPS) is 14.5. The average molecular weight is 814 g/mol. The molecule has 0 aliphatic carbocycles. The molecule has 0 aliphatic rings. The highest BCUT2D eigenvalue weighted by Gasteiger charge is 2.27. The molecule has 332 valence electrons. The second-order valence-electron chi connectivity index (χ2n) is 17.5. The maximum atomic E-state index is 12.9. The molecule has 0 aromatic carbocycles. The van der Waals surface area contributed by atoms with E-state index in [-0.39, 0.29) is 19.1 Å². The van der Waals surface area contributed by atoms with Gasteiger partial charge in [-0.1, -0.05) is 192 Å². The first-order valence-corrected chi connectivity index (χ1v) is 25.2. The Morgan fingerprint density at radius 2 is 0.964 bits per heavy atom. The summed E-state index contributed by atoms with van der Waals surface area (Å²) in [5.41, 5.74) is 0. The number of aliphatic hydroxyl groups is 1. The van der Waals surface area contributed by atoms with E-state index in [0.29, 0.717) is 17.4 Å². The minimum absolute atomic E-state index is 0.0619. The van der Waals surface area contributed by atoms with E-state index in [0.717, 1.165) is 38.5 Å². The van der Waals surface area contributed by atoms with Crippen molar-refractivity contribution < 1.29 is 32.9 Å². The predicted molar refractivity (Wildman–Crippen MR) is 240 cm³/mol. The van der Waals surface area contributed by atoms with Gasteiger partial charge in [0.05, 0.1) is 39.9 Å². The Balaban J connectivity index is 4.38. The average Bonchev–Trinajstić information content (AvgIpc) is 3.15. The number of phosphoric acid groups is 1. The Kier molecular flexibility index (Phi) is 38.7. The van der Waals surface area contributed by atoms with Crippen molar-refractivity contribution in [3.05, 3.63) is 24.3 Å². The van der Waals surface area contributed by atoms with Crippen LogP contribution in [-0.2, 0) is 18.4 Å². The fraction of sp³-hybridized carbons (Fsp3) is 0.894. The SMILES string of the molecule is CCCCCCCC/C=C/CCCCCCCCCC(=O)N[C@@H](COP(=O)(O)OCC[N+](C)(C)C)[C@H](O)/C=C/CCCCCCCCCCCCCCCCC. The first kappa shape index (κ1) is 55.0. The first-order chi connectivity index (χ1) is 27.0. The molecule has 0 heterocycles. The predicted octanol–water partition coefficient (Wildman–Crippen LogP) is 13.3. The Bertz CT molecular complexity index is 969. The third-order valence-corrected chi connectivity index (χ3v) is 11.6. The number of hydrogen-bond acceptors (Lipinski definition) is 5. The number of quaternary nitrogens is 1. The summed E-state index contributed by atoms with van der Waals surface area (Å²) >= 11 is 0. The van der Waals surface area contributed by atoms with Gasteiger partial charge in [-0.3, -0.25) is 13.8 Å². The molecule has 0 bridgehead atoms. The summed E-state index contributed by atoms with van der Waals surface area (Å²) in [6.07, 6.45) is 46.7. The van der Waals surface area contributed by atoms with Crippen molar-refractivity contribution in [3.8, 4) is 0 Å². The number of unbranched alkanes of at least 4 members (excludes halogenated alkanes) is 28. The smallest absolute Gasteiger partial charge is 0.387 e. The Hall–Kier alpha value is -1.02. The fourth-order valence-electron chi connectivity index (χ4n) is 6.86. The summed E-state index contributed by atoms with van der Waals surface area (Å²) in [6, 6.07) is -0.845. The summed E-state index contributed by atoms with van der Waals surface area (Å²) < 4.78 is 23.6. The molecule has 0 aliphatic heterocycles. The monoisotopic (exact) mass is 814 g/mol. The molecule has 0 saturated carbocycles. The standard InChI is InChI=1S/C47H93N2O6P/c1-6-8-10-12-14-16-18-20-22-24-26-28-30-32-34-36-38-40-46(50)45(44-55-56(52,53)54-43-42-49(3,4)5)48-47(51)41-39-37-35-33-31-29-27-25-23-21-19-17-15-13-11-9-7-2/h21,23,38,40,45-46,50H,6-20,22,24-37,39,41-44H2,1-5H3,(H-,48,51,52,53)/p+1/b23-21+,40-38+/t45-,46+/m0/s1. The zero-order valence-corrected chi connectivity index (χ0v) is 38.5. The molecular formula is C47H94N2O6P+.